The first-order valence-corrected chi connectivity index (χ1v) is 7.04. The van der Waals surface area contributed by atoms with Gasteiger partial charge in [-0.15, -0.1) is 0 Å². The van der Waals surface area contributed by atoms with Gasteiger partial charge in [0, 0.05) is 18.7 Å². The standard InChI is InChI=1S/C16H16N2O4/c19-15(12-4-3-5-13(10-12)18(20)21)11-17-8-9-22-16-7-2-1-6-14(16)17/h1-7,10,15,19H,8-9,11H2. The summed E-state index contributed by atoms with van der Waals surface area (Å²) in [6, 6.07) is 13.8. The second-order valence-electron chi connectivity index (χ2n) is 5.13. The summed E-state index contributed by atoms with van der Waals surface area (Å²) in [5.41, 5.74) is 1.45. The number of hydrogen-bond acceptors (Lipinski definition) is 5. The molecule has 2 aromatic carbocycles. The Kier molecular flexibility index (Phi) is 3.93. The van der Waals surface area contributed by atoms with E-state index in [9.17, 15) is 15.2 Å². The lowest BCUT2D eigenvalue weighted by Gasteiger charge is -2.32. The first kappa shape index (κ1) is 14.3. The van der Waals surface area contributed by atoms with Crippen molar-refractivity contribution in [3.05, 3.63) is 64.2 Å². The van der Waals surface area contributed by atoms with Gasteiger partial charge in [0.15, 0.2) is 0 Å². The Morgan fingerprint density at radius 3 is 2.91 bits per heavy atom. The highest BCUT2D eigenvalue weighted by molar-refractivity contribution is 5.59. The number of para-hydroxylation sites is 2. The van der Waals surface area contributed by atoms with Gasteiger partial charge in [-0.3, -0.25) is 10.1 Å². The topological polar surface area (TPSA) is 75.8 Å². The van der Waals surface area contributed by atoms with Crippen LogP contribution in [0, 0.1) is 10.1 Å². The number of β-amino-alcohol motifs (C(OH)–C–C–N with tert-alkyl or cyclic N) is 1. The Hall–Kier alpha value is -2.60. The predicted molar refractivity (Wildman–Crippen MR) is 82.2 cm³/mol. The molecule has 0 amide bonds. The van der Waals surface area contributed by atoms with Gasteiger partial charge in [-0.1, -0.05) is 24.3 Å². The van der Waals surface area contributed by atoms with Crippen molar-refractivity contribution in [1.29, 1.82) is 0 Å². The molecule has 1 unspecified atom stereocenters. The van der Waals surface area contributed by atoms with E-state index in [0.29, 0.717) is 25.3 Å². The number of anilines is 1. The Balaban J connectivity index is 1.79. The summed E-state index contributed by atoms with van der Waals surface area (Å²) in [6.07, 6.45) is -0.800. The average molecular weight is 300 g/mol. The van der Waals surface area contributed by atoms with Gasteiger partial charge in [-0.25, -0.2) is 0 Å². The van der Waals surface area contributed by atoms with Crippen LogP contribution in [0.3, 0.4) is 0 Å². The number of ether oxygens (including phenoxy) is 1. The van der Waals surface area contributed by atoms with E-state index in [1.807, 2.05) is 29.2 Å². The first-order valence-electron chi connectivity index (χ1n) is 7.04. The van der Waals surface area contributed by atoms with Gasteiger partial charge in [0.2, 0.25) is 0 Å². The second-order valence-corrected chi connectivity index (χ2v) is 5.13. The van der Waals surface area contributed by atoms with Gasteiger partial charge < -0.3 is 14.7 Å². The van der Waals surface area contributed by atoms with Crippen LogP contribution in [-0.2, 0) is 0 Å². The second kappa shape index (κ2) is 6.03. The Morgan fingerprint density at radius 2 is 2.09 bits per heavy atom. The molecule has 0 saturated carbocycles. The number of aliphatic hydroxyl groups excluding tert-OH is 1. The molecule has 6 nitrogen and oxygen atoms in total. The zero-order valence-electron chi connectivity index (χ0n) is 11.9. The average Bonchev–Trinajstić information content (AvgIpc) is 2.55. The van der Waals surface area contributed by atoms with Gasteiger partial charge >= 0.3 is 0 Å². The van der Waals surface area contributed by atoms with Crippen LogP contribution in [0.1, 0.15) is 11.7 Å². The quantitative estimate of drug-likeness (QED) is 0.693. The maximum atomic E-state index is 10.8. The molecule has 1 heterocycles. The molecule has 0 aromatic heterocycles. The van der Waals surface area contributed by atoms with Crippen LogP contribution in [0.5, 0.6) is 5.75 Å². The van der Waals surface area contributed by atoms with Crippen molar-refractivity contribution >= 4 is 11.4 Å². The molecule has 0 fully saturated rings. The number of non-ortho nitro benzene ring substituents is 1. The SMILES string of the molecule is O=[N+]([O-])c1cccc(C(O)CN2CCOc3ccccc32)c1. The summed E-state index contributed by atoms with van der Waals surface area (Å²) in [5.74, 6) is 0.792. The van der Waals surface area contributed by atoms with Crippen molar-refractivity contribution in [3.8, 4) is 5.75 Å². The van der Waals surface area contributed by atoms with E-state index in [1.165, 1.54) is 12.1 Å². The summed E-state index contributed by atoms with van der Waals surface area (Å²) in [4.78, 5) is 12.4. The maximum absolute atomic E-state index is 10.8. The molecule has 0 aliphatic carbocycles. The normalized spacial score (nSPS) is 14.9. The number of benzene rings is 2. The van der Waals surface area contributed by atoms with E-state index < -0.39 is 11.0 Å². The minimum atomic E-state index is -0.800. The molecule has 22 heavy (non-hydrogen) atoms. The fourth-order valence-electron chi connectivity index (χ4n) is 2.58. The van der Waals surface area contributed by atoms with Crippen LogP contribution in [-0.4, -0.2) is 29.7 Å². The third-order valence-electron chi connectivity index (χ3n) is 3.68. The Morgan fingerprint density at radius 1 is 1.27 bits per heavy atom. The molecule has 1 N–H and O–H groups in total. The highest BCUT2D eigenvalue weighted by Gasteiger charge is 2.21. The Labute approximate surface area is 127 Å². The number of hydrogen-bond donors (Lipinski definition) is 1. The first-order chi connectivity index (χ1) is 10.6. The number of nitrogens with zero attached hydrogens (tertiary/aromatic N) is 2. The fourth-order valence-corrected chi connectivity index (χ4v) is 2.58. The van der Waals surface area contributed by atoms with Crippen molar-refractivity contribution in [3.63, 3.8) is 0 Å². The number of fused-ring (bicyclic) bond motifs is 1. The van der Waals surface area contributed by atoms with Crippen molar-refractivity contribution < 1.29 is 14.8 Å². The van der Waals surface area contributed by atoms with Crippen LogP contribution >= 0.6 is 0 Å². The van der Waals surface area contributed by atoms with E-state index in [-0.39, 0.29) is 5.69 Å². The smallest absolute Gasteiger partial charge is 0.269 e. The van der Waals surface area contributed by atoms with E-state index >= 15 is 0 Å². The lowest BCUT2D eigenvalue weighted by molar-refractivity contribution is -0.385. The largest absolute Gasteiger partial charge is 0.490 e. The van der Waals surface area contributed by atoms with E-state index in [0.717, 1.165) is 11.4 Å². The van der Waals surface area contributed by atoms with Crippen molar-refractivity contribution in [2.24, 2.45) is 0 Å². The molecule has 0 saturated heterocycles. The van der Waals surface area contributed by atoms with Gasteiger partial charge in [-0.05, 0) is 17.7 Å². The fraction of sp³-hybridized carbons (Fsp3) is 0.250. The summed E-state index contributed by atoms with van der Waals surface area (Å²) in [6.45, 7) is 1.59. The van der Waals surface area contributed by atoms with Crippen LogP contribution < -0.4 is 9.64 Å². The zero-order valence-corrected chi connectivity index (χ0v) is 11.9. The summed E-state index contributed by atoms with van der Waals surface area (Å²) in [5, 5.41) is 21.2. The summed E-state index contributed by atoms with van der Waals surface area (Å²) in [7, 11) is 0. The Bertz CT molecular complexity index is 689. The molecular formula is C16H16N2O4. The van der Waals surface area contributed by atoms with Crippen LogP contribution in [0.15, 0.2) is 48.5 Å². The summed E-state index contributed by atoms with van der Waals surface area (Å²) >= 11 is 0. The molecule has 1 atom stereocenters. The predicted octanol–water partition coefficient (Wildman–Crippen LogP) is 2.53. The molecular weight excluding hydrogens is 284 g/mol. The molecule has 2 aromatic rings. The third kappa shape index (κ3) is 2.87. The summed E-state index contributed by atoms with van der Waals surface area (Å²) < 4.78 is 5.58. The molecule has 0 radical (unpaired) electrons. The van der Waals surface area contributed by atoms with Crippen LogP contribution in [0.2, 0.25) is 0 Å². The lowest BCUT2D eigenvalue weighted by atomic mass is 10.1. The van der Waals surface area contributed by atoms with Gasteiger partial charge in [0.25, 0.3) is 5.69 Å². The number of aliphatic hydroxyl groups is 1. The molecule has 1 aliphatic rings. The monoisotopic (exact) mass is 300 g/mol. The molecule has 114 valence electrons. The van der Waals surface area contributed by atoms with E-state index in [2.05, 4.69) is 0 Å². The van der Waals surface area contributed by atoms with Crippen molar-refractivity contribution in [1.82, 2.24) is 0 Å². The minimum Gasteiger partial charge on any atom is -0.490 e. The highest BCUT2D eigenvalue weighted by atomic mass is 16.6. The minimum absolute atomic E-state index is 0.0149. The maximum Gasteiger partial charge on any atom is 0.269 e. The van der Waals surface area contributed by atoms with Crippen molar-refractivity contribution in [2.75, 3.05) is 24.6 Å². The number of nitro groups is 1. The number of nitro benzene ring substituents is 1. The molecule has 3 rings (SSSR count). The van der Waals surface area contributed by atoms with Crippen LogP contribution in [0.4, 0.5) is 11.4 Å². The van der Waals surface area contributed by atoms with E-state index in [1.54, 1.807) is 12.1 Å². The molecule has 0 bridgehead atoms. The molecule has 0 spiro atoms. The number of rotatable bonds is 4. The van der Waals surface area contributed by atoms with Gasteiger partial charge in [0.1, 0.15) is 12.4 Å². The molecule has 1 aliphatic heterocycles. The molecule has 6 heteroatoms. The third-order valence-corrected chi connectivity index (χ3v) is 3.68. The van der Waals surface area contributed by atoms with Gasteiger partial charge in [0.05, 0.1) is 23.3 Å². The van der Waals surface area contributed by atoms with E-state index in [4.69, 9.17) is 4.74 Å². The van der Waals surface area contributed by atoms with Crippen LogP contribution in [0.25, 0.3) is 0 Å². The lowest BCUT2D eigenvalue weighted by Crippen LogP contribution is -2.35. The highest BCUT2D eigenvalue weighted by Crippen LogP contribution is 2.32. The van der Waals surface area contributed by atoms with Gasteiger partial charge in [-0.2, -0.15) is 0 Å². The van der Waals surface area contributed by atoms with Crippen molar-refractivity contribution in [2.45, 2.75) is 6.10 Å². The zero-order chi connectivity index (χ0) is 15.5.